The molecule has 1 aliphatic heterocycles. The van der Waals surface area contributed by atoms with Crippen LogP contribution in [0.25, 0.3) is 11.5 Å². The van der Waals surface area contributed by atoms with Gasteiger partial charge >= 0.3 is 0 Å². The minimum absolute atomic E-state index is 0.0209. The first kappa shape index (κ1) is 24.2. The fourth-order valence-electron chi connectivity index (χ4n) is 3.70. The molecule has 1 aromatic heterocycles. The summed E-state index contributed by atoms with van der Waals surface area (Å²) in [5.74, 6) is 1.73. The molecule has 0 bridgehead atoms. The first-order valence-corrected chi connectivity index (χ1v) is 11.3. The highest BCUT2D eigenvalue weighted by Gasteiger charge is 2.19. The number of likely N-dealkylation sites (N-methyl/N-ethyl adjacent to an activating group) is 1. The summed E-state index contributed by atoms with van der Waals surface area (Å²) in [6.07, 6.45) is 0.417. The molecular weight excluding hydrogens is 452 g/mol. The molecule has 1 saturated heterocycles. The first-order chi connectivity index (χ1) is 17.0. The molecule has 1 aliphatic rings. The Hall–Kier alpha value is -3.92. The minimum atomic E-state index is -0.175. The third kappa shape index (κ3) is 5.78. The first-order valence-electron chi connectivity index (χ1n) is 11.3. The molecule has 0 spiro atoms. The Morgan fingerprint density at radius 2 is 1.66 bits per heavy atom. The van der Waals surface area contributed by atoms with Crippen molar-refractivity contribution >= 4 is 11.8 Å². The van der Waals surface area contributed by atoms with Crippen molar-refractivity contribution in [1.82, 2.24) is 19.9 Å². The monoisotopic (exact) mass is 480 g/mol. The van der Waals surface area contributed by atoms with Gasteiger partial charge in [0.2, 0.25) is 0 Å². The van der Waals surface area contributed by atoms with Crippen molar-refractivity contribution in [3.63, 3.8) is 0 Å². The van der Waals surface area contributed by atoms with Gasteiger partial charge in [-0.1, -0.05) is 5.16 Å². The van der Waals surface area contributed by atoms with Crippen molar-refractivity contribution in [2.45, 2.75) is 6.42 Å². The lowest BCUT2D eigenvalue weighted by Crippen LogP contribution is -2.40. The summed E-state index contributed by atoms with van der Waals surface area (Å²) >= 11 is 0. The van der Waals surface area contributed by atoms with Gasteiger partial charge in [0, 0.05) is 55.9 Å². The number of benzene rings is 2. The van der Waals surface area contributed by atoms with E-state index in [0.717, 1.165) is 5.56 Å². The molecule has 0 saturated carbocycles. The van der Waals surface area contributed by atoms with E-state index in [4.69, 9.17) is 18.7 Å². The fourth-order valence-corrected chi connectivity index (χ4v) is 3.70. The van der Waals surface area contributed by atoms with Crippen LogP contribution in [0.1, 0.15) is 26.5 Å². The Bertz CT molecular complexity index is 1150. The number of amides is 2. The van der Waals surface area contributed by atoms with Gasteiger partial charge in [-0.3, -0.25) is 9.59 Å². The van der Waals surface area contributed by atoms with Crippen LogP contribution < -0.4 is 9.47 Å². The van der Waals surface area contributed by atoms with Crippen LogP contribution in [-0.4, -0.2) is 85.9 Å². The molecule has 0 radical (unpaired) electrons. The van der Waals surface area contributed by atoms with Gasteiger partial charge in [0.05, 0.1) is 27.4 Å². The van der Waals surface area contributed by atoms with Crippen molar-refractivity contribution < 1.29 is 28.3 Å². The molecule has 0 unspecified atom stereocenters. The molecule has 0 atom stereocenters. The lowest BCUT2D eigenvalue weighted by molar-refractivity contribution is 0.0303. The van der Waals surface area contributed by atoms with Crippen LogP contribution in [-0.2, 0) is 11.2 Å². The lowest BCUT2D eigenvalue weighted by atomic mass is 10.1. The van der Waals surface area contributed by atoms with Crippen LogP contribution in [0.4, 0.5) is 0 Å². The SMILES string of the molecule is COc1cc(OC)cc(C(=O)N(C)CCc2noc(-c3ccc(C(=O)N4CCOCC4)cc3)n2)c1. The third-order valence-electron chi connectivity index (χ3n) is 5.76. The highest BCUT2D eigenvalue weighted by molar-refractivity contribution is 5.95. The van der Waals surface area contributed by atoms with Crippen LogP contribution in [0.2, 0.25) is 0 Å². The van der Waals surface area contributed by atoms with Crippen LogP contribution in [0.3, 0.4) is 0 Å². The second-order valence-electron chi connectivity index (χ2n) is 8.08. The van der Waals surface area contributed by atoms with E-state index in [2.05, 4.69) is 10.1 Å². The van der Waals surface area contributed by atoms with Crippen molar-refractivity contribution in [3.8, 4) is 23.0 Å². The van der Waals surface area contributed by atoms with Crippen molar-refractivity contribution in [3.05, 3.63) is 59.4 Å². The molecule has 2 heterocycles. The average Bonchev–Trinajstić information content (AvgIpc) is 3.40. The standard InChI is InChI=1S/C25H28N4O6/c1-28(24(30)19-14-20(32-2)16-21(15-19)33-3)9-8-22-26-23(35-27-22)17-4-6-18(7-5-17)25(31)29-10-12-34-13-11-29/h4-7,14-16H,8-13H2,1-3H3. The number of rotatable bonds is 8. The van der Waals surface area contributed by atoms with Crippen molar-refractivity contribution in [2.24, 2.45) is 0 Å². The van der Waals surface area contributed by atoms with Gasteiger partial charge in [-0.2, -0.15) is 4.98 Å². The van der Waals surface area contributed by atoms with E-state index >= 15 is 0 Å². The number of hydrogen-bond acceptors (Lipinski definition) is 8. The predicted molar refractivity (Wildman–Crippen MR) is 127 cm³/mol. The van der Waals surface area contributed by atoms with Gasteiger partial charge in [0.25, 0.3) is 17.7 Å². The Balaban J connectivity index is 1.36. The molecule has 3 aromatic rings. The van der Waals surface area contributed by atoms with Gasteiger partial charge in [-0.15, -0.1) is 0 Å². The number of ether oxygens (including phenoxy) is 3. The smallest absolute Gasteiger partial charge is 0.257 e. The number of methoxy groups -OCH3 is 2. The van der Waals surface area contributed by atoms with Crippen LogP contribution >= 0.6 is 0 Å². The molecule has 0 N–H and O–H groups in total. The van der Waals surface area contributed by atoms with Gasteiger partial charge in [0.1, 0.15) is 11.5 Å². The molecule has 2 amide bonds. The van der Waals surface area contributed by atoms with E-state index in [0.29, 0.717) is 73.6 Å². The van der Waals surface area contributed by atoms with E-state index in [9.17, 15) is 9.59 Å². The summed E-state index contributed by atoms with van der Waals surface area (Å²) in [6, 6.07) is 12.1. The number of aromatic nitrogens is 2. The zero-order valence-corrected chi connectivity index (χ0v) is 20.0. The minimum Gasteiger partial charge on any atom is -0.497 e. The van der Waals surface area contributed by atoms with Crippen LogP contribution in [0, 0.1) is 0 Å². The molecule has 10 nitrogen and oxygen atoms in total. The zero-order valence-electron chi connectivity index (χ0n) is 20.0. The summed E-state index contributed by atoms with van der Waals surface area (Å²) in [6.45, 7) is 2.70. The van der Waals surface area contributed by atoms with Gasteiger partial charge in [-0.05, 0) is 36.4 Å². The number of morpholine rings is 1. The predicted octanol–water partition coefficient (Wildman–Crippen LogP) is 2.54. The number of hydrogen-bond donors (Lipinski definition) is 0. The zero-order chi connectivity index (χ0) is 24.8. The van der Waals surface area contributed by atoms with E-state index in [1.807, 2.05) is 0 Å². The molecule has 0 aliphatic carbocycles. The molecule has 10 heteroatoms. The van der Waals surface area contributed by atoms with E-state index in [1.54, 1.807) is 59.3 Å². The Morgan fingerprint density at radius 3 is 2.29 bits per heavy atom. The number of carbonyl (C=O) groups excluding carboxylic acids is 2. The third-order valence-corrected chi connectivity index (χ3v) is 5.76. The topological polar surface area (TPSA) is 107 Å². The highest BCUT2D eigenvalue weighted by Crippen LogP contribution is 2.23. The largest absolute Gasteiger partial charge is 0.497 e. The van der Waals surface area contributed by atoms with Crippen LogP contribution in [0.15, 0.2) is 47.0 Å². The molecule has 1 fully saturated rings. The summed E-state index contributed by atoms with van der Waals surface area (Å²) < 4.78 is 21.2. The van der Waals surface area contributed by atoms with Gasteiger partial charge < -0.3 is 28.5 Å². The van der Waals surface area contributed by atoms with Crippen molar-refractivity contribution in [1.29, 1.82) is 0 Å². The summed E-state index contributed by atoms with van der Waals surface area (Å²) in [5.41, 5.74) is 1.78. The van der Waals surface area contributed by atoms with Gasteiger partial charge in [-0.25, -0.2) is 0 Å². The highest BCUT2D eigenvalue weighted by atomic mass is 16.5. The molecule has 35 heavy (non-hydrogen) atoms. The van der Waals surface area contributed by atoms with Crippen LogP contribution in [0.5, 0.6) is 11.5 Å². The van der Waals surface area contributed by atoms with E-state index in [1.165, 1.54) is 14.2 Å². The number of carbonyl (C=O) groups is 2. The molecule has 2 aromatic carbocycles. The summed E-state index contributed by atoms with van der Waals surface area (Å²) in [4.78, 5) is 33.2. The molecule has 4 rings (SSSR count). The average molecular weight is 481 g/mol. The number of nitrogens with zero attached hydrogens (tertiary/aromatic N) is 4. The normalized spacial score (nSPS) is 13.4. The van der Waals surface area contributed by atoms with E-state index in [-0.39, 0.29) is 11.8 Å². The summed E-state index contributed by atoms with van der Waals surface area (Å²) in [7, 11) is 4.78. The van der Waals surface area contributed by atoms with E-state index < -0.39 is 0 Å². The second-order valence-corrected chi connectivity index (χ2v) is 8.08. The Kier molecular flexibility index (Phi) is 7.61. The lowest BCUT2D eigenvalue weighted by Gasteiger charge is -2.26. The molecular formula is C25H28N4O6. The molecule has 184 valence electrons. The fraction of sp³-hybridized carbons (Fsp3) is 0.360. The Labute approximate surface area is 203 Å². The maximum atomic E-state index is 12.8. The second kappa shape index (κ2) is 11.0. The maximum absolute atomic E-state index is 12.8. The maximum Gasteiger partial charge on any atom is 0.257 e. The quantitative estimate of drug-likeness (QED) is 0.484. The summed E-state index contributed by atoms with van der Waals surface area (Å²) in [5, 5.41) is 4.03. The Morgan fingerprint density at radius 1 is 1.00 bits per heavy atom. The van der Waals surface area contributed by atoms with Gasteiger partial charge in [0.15, 0.2) is 5.82 Å². The van der Waals surface area contributed by atoms with Crippen molar-refractivity contribution in [2.75, 3.05) is 54.1 Å².